The number of rotatable bonds is 4. The van der Waals surface area contributed by atoms with Crippen molar-refractivity contribution in [3.63, 3.8) is 0 Å². The molecule has 1 aromatic heterocycles. The Morgan fingerprint density at radius 1 is 1.62 bits per heavy atom. The topological polar surface area (TPSA) is 55.1 Å². The van der Waals surface area contributed by atoms with Crippen LogP contribution in [0.4, 0.5) is 0 Å². The molecule has 5 heteroatoms. The van der Waals surface area contributed by atoms with Crippen molar-refractivity contribution in [2.75, 3.05) is 13.1 Å². The average Bonchev–Trinajstić information content (AvgIpc) is 2.51. The van der Waals surface area contributed by atoms with Gasteiger partial charge in [0, 0.05) is 11.4 Å². The molecule has 0 aliphatic rings. The van der Waals surface area contributed by atoms with Crippen molar-refractivity contribution < 1.29 is 4.79 Å². The molecule has 0 spiro atoms. The summed E-state index contributed by atoms with van der Waals surface area (Å²) in [5.41, 5.74) is 5.13. The Bertz CT molecular complexity index is 287. The molecule has 3 nitrogen and oxygen atoms in total. The summed E-state index contributed by atoms with van der Waals surface area (Å²) in [5, 5.41) is 2.69. The molecule has 72 valence electrons. The van der Waals surface area contributed by atoms with Gasteiger partial charge >= 0.3 is 0 Å². The van der Waals surface area contributed by atoms with Crippen molar-refractivity contribution in [2.45, 2.75) is 6.42 Å². The largest absolute Gasteiger partial charge is 0.355 e. The van der Waals surface area contributed by atoms with Crippen LogP contribution in [0.5, 0.6) is 0 Å². The summed E-state index contributed by atoms with van der Waals surface area (Å²) in [6.45, 7) is 0.665. The van der Waals surface area contributed by atoms with Crippen LogP contribution >= 0.6 is 22.9 Å². The van der Waals surface area contributed by atoms with E-state index in [0.29, 0.717) is 6.54 Å². The highest BCUT2D eigenvalue weighted by atomic mass is 35.5. The van der Waals surface area contributed by atoms with Gasteiger partial charge in [-0.15, -0.1) is 11.3 Å². The molecule has 0 radical (unpaired) electrons. The Morgan fingerprint density at radius 3 is 2.92 bits per heavy atom. The molecule has 0 saturated carbocycles. The summed E-state index contributed by atoms with van der Waals surface area (Å²) in [5.74, 6) is -0.123. The number of nitrogens with two attached hydrogens (primary N) is 1. The molecule has 0 aliphatic heterocycles. The van der Waals surface area contributed by atoms with Gasteiger partial charge in [0.25, 0.3) is 0 Å². The lowest BCUT2D eigenvalue weighted by atomic mass is 10.3. The van der Waals surface area contributed by atoms with E-state index in [4.69, 9.17) is 17.3 Å². The van der Waals surface area contributed by atoms with Crippen LogP contribution in [0.2, 0.25) is 4.34 Å². The second-order valence-electron chi connectivity index (χ2n) is 2.51. The van der Waals surface area contributed by atoms with Crippen molar-refractivity contribution in [3.8, 4) is 0 Å². The van der Waals surface area contributed by atoms with E-state index in [2.05, 4.69) is 5.32 Å². The molecule has 0 bridgehead atoms. The van der Waals surface area contributed by atoms with Crippen LogP contribution in [0.1, 0.15) is 4.88 Å². The van der Waals surface area contributed by atoms with Gasteiger partial charge in [0.15, 0.2) is 0 Å². The molecule has 13 heavy (non-hydrogen) atoms. The lowest BCUT2D eigenvalue weighted by molar-refractivity contribution is -0.119. The molecule has 0 saturated heterocycles. The average molecular weight is 219 g/mol. The van der Waals surface area contributed by atoms with E-state index < -0.39 is 0 Å². The highest BCUT2D eigenvalue weighted by Crippen LogP contribution is 2.21. The van der Waals surface area contributed by atoms with E-state index in [1.807, 2.05) is 12.1 Å². The second-order valence-corrected chi connectivity index (χ2v) is 4.31. The van der Waals surface area contributed by atoms with Crippen molar-refractivity contribution >= 4 is 28.8 Å². The van der Waals surface area contributed by atoms with E-state index in [-0.39, 0.29) is 12.5 Å². The fourth-order valence-electron chi connectivity index (χ4n) is 0.883. The van der Waals surface area contributed by atoms with Crippen LogP contribution in [0.15, 0.2) is 12.1 Å². The normalized spacial score (nSPS) is 10.0. The quantitative estimate of drug-likeness (QED) is 0.793. The lowest BCUT2D eigenvalue weighted by Crippen LogP contribution is -2.31. The summed E-state index contributed by atoms with van der Waals surface area (Å²) in [4.78, 5) is 11.9. The maximum atomic E-state index is 10.7. The Kier molecular flexibility index (Phi) is 4.21. The van der Waals surface area contributed by atoms with Gasteiger partial charge in [-0.25, -0.2) is 0 Å². The van der Waals surface area contributed by atoms with Crippen molar-refractivity contribution in [1.29, 1.82) is 0 Å². The molecule has 0 fully saturated rings. The number of carbonyl (C=O) groups is 1. The number of halogens is 1. The standard InChI is InChI=1S/C8H11ClN2OS/c9-7-2-1-6(13-7)3-4-11-8(12)5-10/h1-2H,3-5,10H2,(H,11,12). The molecular formula is C8H11ClN2OS. The van der Waals surface area contributed by atoms with Gasteiger partial charge in [0.2, 0.25) is 5.91 Å². The Balaban J connectivity index is 2.24. The fraction of sp³-hybridized carbons (Fsp3) is 0.375. The monoisotopic (exact) mass is 218 g/mol. The summed E-state index contributed by atoms with van der Waals surface area (Å²) in [7, 11) is 0. The van der Waals surface area contributed by atoms with Gasteiger partial charge in [0.1, 0.15) is 0 Å². The molecule has 1 heterocycles. The molecule has 3 N–H and O–H groups in total. The minimum atomic E-state index is -0.123. The highest BCUT2D eigenvalue weighted by molar-refractivity contribution is 7.16. The predicted molar refractivity (Wildman–Crippen MR) is 55.1 cm³/mol. The van der Waals surface area contributed by atoms with E-state index in [1.165, 1.54) is 16.2 Å². The maximum Gasteiger partial charge on any atom is 0.233 e. The second kappa shape index (κ2) is 5.21. The molecule has 0 unspecified atom stereocenters. The van der Waals surface area contributed by atoms with Gasteiger partial charge < -0.3 is 11.1 Å². The van der Waals surface area contributed by atoms with Crippen molar-refractivity contribution in [2.24, 2.45) is 5.73 Å². The minimum absolute atomic E-state index is 0.0468. The van der Waals surface area contributed by atoms with Crippen LogP contribution in [-0.4, -0.2) is 19.0 Å². The lowest BCUT2D eigenvalue weighted by Gasteiger charge is -2.00. The van der Waals surface area contributed by atoms with Gasteiger partial charge in [-0.3, -0.25) is 4.79 Å². The number of hydrogen-bond acceptors (Lipinski definition) is 3. The van der Waals surface area contributed by atoms with Crippen LogP contribution in [0.25, 0.3) is 0 Å². The van der Waals surface area contributed by atoms with Gasteiger partial charge in [-0.1, -0.05) is 11.6 Å². The van der Waals surface area contributed by atoms with Gasteiger partial charge in [0.05, 0.1) is 10.9 Å². The summed E-state index contributed by atoms with van der Waals surface area (Å²) in [6, 6.07) is 3.81. The van der Waals surface area contributed by atoms with Gasteiger partial charge in [-0.05, 0) is 18.6 Å². The zero-order valence-corrected chi connectivity index (χ0v) is 8.62. The molecule has 1 aromatic rings. The number of amides is 1. The van der Waals surface area contributed by atoms with Crippen molar-refractivity contribution in [3.05, 3.63) is 21.3 Å². The zero-order chi connectivity index (χ0) is 9.68. The number of thiophene rings is 1. The van der Waals surface area contributed by atoms with E-state index in [0.717, 1.165) is 10.8 Å². The smallest absolute Gasteiger partial charge is 0.233 e. The van der Waals surface area contributed by atoms with E-state index in [9.17, 15) is 4.79 Å². The third kappa shape index (κ3) is 3.76. The first-order valence-corrected chi connectivity index (χ1v) is 5.13. The maximum absolute atomic E-state index is 10.7. The van der Waals surface area contributed by atoms with Crippen LogP contribution < -0.4 is 11.1 Å². The van der Waals surface area contributed by atoms with Crippen molar-refractivity contribution in [1.82, 2.24) is 5.32 Å². The third-order valence-electron chi connectivity index (χ3n) is 1.51. The fourth-order valence-corrected chi connectivity index (χ4v) is 1.97. The molecule has 0 aliphatic carbocycles. The number of carbonyl (C=O) groups excluding carboxylic acids is 1. The summed E-state index contributed by atoms with van der Waals surface area (Å²) >= 11 is 7.27. The molecule has 1 rings (SSSR count). The van der Waals surface area contributed by atoms with E-state index in [1.54, 1.807) is 0 Å². The number of nitrogens with one attached hydrogen (secondary N) is 1. The Morgan fingerprint density at radius 2 is 2.38 bits per heavy atom. The molecule has 0 atom stereocenters. The first-order chi connectivity index (χ1) is 6.22. The highest BCUT2D eigenvalue weighted by Gasteiger charge is 1.99. The van der Waals surface area contributed by atoms with Crippen LogP contribution in [0, 0.1) is 0 Å². The molecule has 1 amide bonds. The molecular weight excluding hydrogens is 208 g/mol. The Labute approximate surface area is 85.9 Å². The first kappa shape index (κ1) is 10.5. The van der Waals surface area contributed by atoms with Gasteiger partial charge in [-0.2, -0.15) is 0 Å². The minimum Gasteiger partial charge on any atom is -0.355 e. The molecule has 0 aromatic carbocycles. The Hall–Kier alpha value is -0.580. The third-order valence-corrected chi connectivity index (χ3v) is 2.80. The zero-order valence-electron chi connectivity index (χ0n) is 7.05. The van der Waals surface area contributed by atoms with Crippen LogP contribution in [-0.2, 0) is 11.2 Å². The SMILES string of the molecule is NCC(=O)NCCc1ccc(Cl)s1. The number of hydrogen-bond donors (Lipinski definition) is 2. The van der Waals surface area contributed by atoms with Crippen LogP contribution in [0.3, 0.4) is 0 Å². The summed E-state index contributed by atoms with van der Waals surface area (Å²) < 4.78 is 0.778. The first-order valence-electron chi connectivity index (χ1n) is 3.93. The predicted octanol–water partition coefficient (Wildman–Crippen LogP) is 1.02. The van der Waals surface area contributed by atoms with E-state index >= 15 is 0 Å². The summed E-state index contributed by atoms with van der Waals surface area (Å²) in [6.07, 6.45) is 0.809.